The van der Waals surface area contributed by atoms with Gasteiger partial charge in [-0.2, -0.15) is 0 Å². The molecule has 0 radical (unpaired) electrons. The van der Waals surface area contributed by atoms with E-state index in [1.165, 1.54) is 44.9 Å². The van der Waals surface area contributed by atoms with Crippen molar-refractivity contribution in [2.24, 2.45) is 5.92 Å². The van der Waals surface area contributed by atoms with Crippen LogP contribution in [0.15, 0.2) is 47.6 Å². The van der Waals surface area contributed by atoms with Crippen LogP contribution in [0.5, 0.6) is 0 Å². The summed E-state index contributed by atoms with van der Waals surface area (Å²) in [4.78, 5) is 6.73. The van der Waals surface area contributed by atoms with E-state index >= 15 is 0 Å². The van der Waals surface area contributed by atoms with E-state index in [-0.39, 0.29) is 17.1 Å². The van der Waals surface area contributed by atoms with Gasteiger partial charge in [-0.1, -0.05) is 77.8 Å². The molecule has 38 heavy (non-hydrogen) atoms. The zero-order valence-electron chi connectivity index (χ0n) is 23.8. The number of benzene rings is 1. The van der Waals surface area contributed by atoms with Gasteiger partial charge in [0.1, 0.15) is 0 Å². The number of pyridine rings is 1. The fourth-order valence-corrected chi connectivity index (χ4v) is 6.26. The Balaban J connectivity index is 1.48. The lowest BCUT2D eigenvalue weighted by Gasteiger charge is -2.24. The summed E-state index contributed by atoms with van der Waals surface area (Å²) in [5.74, 6) is 0.367. The average molecular weight is 545 g/mol. The molecular weight excluding hydrogens is 496 g/mol. The second-order valence-electron chi connectivity index (χ2n) is 11.0. The molecule has 0 bridgehead atoms. The van der Waals surface area contributed by atoms with E-state index in [2.05, 4.69) is 47.6 Å². The topological polar surface area (TPSA) is 83.6 Å². The maximum absolute atomic E-state index is 13.2. The van der Waals surface area contributed by atoms with E-state index in [0.29, 0.717) is 25.7 Å². The van der Waals surface area contributed by atoms with Crippen molar-refractivity contribution in [2.75, 3.05) is 23.4 Å². The van der Waals surface area contributed by atoms with Crippen LogP contribution in [0, 0.1) is 5.92 Å². The number of hydrogen-bond donors (Lipinski definition) is 2. The molecule has 212 valence electrons. The van der Waals surface area contributed by atoms with Gasteiger partial charge in [-0.05, 0) is 49.4 Å². The van der Waals surface area contributed by atoms with Crippen molar-refractivity contribution in [3.05, 3.63) is 48.3 Å². The lowest BCUT2D eigenvalue weighted by molar-refractivity contribution is 0.107. The molecule has 1 aromatic heterocycles. The van der Waals surface area contributed by atoms with E-state index in [1.807, 2.05) is 24.4 Å². The highest BCUT2D eigenvalue weighted by Crippen LogP contribution is 2.34. The van der Waals surface area contributed by atoms with Crippen LogP contribution in [0.2, 0.25) is 0 Å². The number of fused-ring (bicyclic) bond motifs is 1. The highest BCUT2D eigenvalue weighted by Gasteiger charge is 2.26. The van der Waals surface area contributed by atoms with Gasteiger partial charge in [0.25, 0.3) is 0 Å². The molecule has 2 unspecified atom stereocenters. The number of nitrogens with one attached hydrogen (secondary N) is 2. The molecule has 8 heteroatoms. The van der Waals surface area contributed by atoms with Crippen LogP contribution in [0.25, 0.3) is 0 Å². The van der Waals surface area contributed by atoms with E-state index in [4.69, 9.17) is 4.74 Å². The molecule has 2 atom stereocenters. The largest absolute Gasteiger partial charge is 0.380 e. The summed E-state index contributed by atoms with van der Waals surface area (Å²) in [6, 6.07) is 8.96. The van der Waals surface area contributed by atoms with E-state index in [0.717, 1.165) is 29.8 Å². The van der Waals surface area contributed by atoms with Crippen molar-refractivity contribution in [2.45, 2.75) is 109 Å². The number of anilines is 2. The third kappa shape index (κ3) is 9.54. The number of hydrogen-bond acceptors (Lipinski definition) is 6. The van der Waals surface area contributed by atoms with Gasteiger partial charge in [-0.3, -0.25) is 4.98 Å². The molecule has 1 aliphatic rings. The Kier molecular flexibility index (Phi) is 12.3. The second-order valence-corrected chi connectivity index (χ2v) is 12.7. The first-order chi connectivity index (χ1) is 18.3. The van der Waals surface area contributed by atoms with Crippen molar-refractivity contribution in [3.63, 3.8) is 0 Å². The highest BCUT2D eigenvalue weighted by atomic mass is 32.2. The molecule has 0 amide bonds. The Morgan fingerprint density at radius 1 is 1.03 bits per heavy atom. The van der Waals surface area contributed by atoms with Gasteiger partial charge in [-0.25, -0.2) is 13.1 Å². The first-order valence-corrected chi connectivity index (χ1v) is 15.9. The minimum atomic E-state index is -3.64. The quantitative estimate of drug-likeness (QED) is 0.203. The Bertz CT molecular complexity index is 1060. The monoisotopic (exact) mass is 544 g/mol. The zero-order valence-corrected chi connectivity index (χ0v) is 24.6. The van der Waals surface area contributed by atoms with E-state index < -0.39 is 10.0 Å². The molecule has 7 nitrogen and oxygen atoms in total. The molecule has 0 fully saturated rings. The van der Waals surface area contributed by atoms with Crippen LogP contribution in [0.1, 0.15) is 91.0 Å². The number of rotatable bonds is 18. The Labute approximate surface area is 230 Å². The number of nitrogens with zero attached hydrogens (tertiary/aromatic N) is 2. The normalized spacial score (nSPS) is 16.0. The summed E-state index contributed by atoms with van der Waals surface area (Å²) < 4.78 is 35.2. The lowest BCUT2D eigenvalue weighted by Crippen LogP contribution is -2.39. The van der Waals surface area contributed by atoms with Gasteiger partial charge in [-0.15, -0.1) is 0 Å². The number of unbranched alkanes of at least 4 members (excludes halogenated alkanes) is 7. The van der Waals surface area contributed by atoms with Crippen molar-refractivity contribution in [1.82, 2.24) is 9.71 Å². The summed E-state index contributed by atoms with van der Waals surface area (Å²) in [6.45, 7) is 10.3. The molecule has 2 heterocycles. The molecular formula is C30H48N4O3S. The van der Waals surface area contributed by atoms with Crippen LogP contribution in [-0.4, -0.2) is 38.8 Å². The molecule has 0 saturated heterocycles. The molecule has 2 N–H and O–H groups in total. The van der Waals surface area contributed by atoms with E-state index in [1.54, 1.807) is 18.3 Å². The van der Waals surface area contributed by atoms with Crippen LogP contribution in [0.3, 0.4) is 0 Å². The lowest BCUT2D eigenvalue weighted by atomic mass is 10.1. The standard InChI is InChI=1S/C30H48N4O3S/c1-5-6-7-8-9-10-11-12-19-37-23-27(20-24(2)3)33-38(35,36)28-15-13-26(14-16-28)22-34-25(4)32-29-21-31-18-17-30(29)34/h13-18,21,24-25,27,32-33H,5-12,19-20,22-23H2,1-4H3. The van der Waals surface area contributed by atoms with Crippen molar-refractivity contribution >= 4 is 21.4 Å². The SMILES string of the molecule is CCCCCCCCCCOCC(CC(C)C)NS(=O)(=O)c1ccc(CN2c3ccncc3NC2C)cc1. The third-order valence-electron chi connectivity index (χ3n) is 7.06. The summed E-state index contributed by atoms with van der Waals surface area (Å²) in [6.07, 6.45) is 14.5. The maximum atomic E-state index is 13.2. The molecule has 0 saturated carbocycles. The highest BCUT2D eigenvalue weighted by molar-refractivity contribution is 7.89. The predicted octanol–water partition coefficient (Wildman–Crippen LogP) is 6.71. The zero-order chi connectivity index (χ0) is 27.4. The van der Waals surface area contributed by atoms with Crippen LogP contribution >= 0.6 is 0 Å². The molecule has 2 aromatic rings. The molecule has 0 spiro atoms. The Morgan fingerprint density at radius 2 is 1.71 bits per heavy atom. The van der Waals surface area contributed by atoms with Crippen molar-refractivity contribution in [3.8, 4) is 0 Å². The van der Waals surface area contributed by atoms with Crippen LogP contribution in [-0.2, 0) is 21.3 Å². The first kappa shape index (κ1) is 30.4. The smallest absolute Gasteiger partial charge is 0.240 e. The van der Waals surface area contributed by atoms with Gasteiger partial charge < -0.3 is 15.0 Å². The fourth-order valence-electron chi connectivity index (χ4n) is 5.02. The minimum absolute atomic E-state index is 0.141. The maximum Gasteiger partial charge on any atom is 0.240 e. The summed E-state index contributed by atoms with van der Waals surface area (Å²) in [7, 11) is -3.64. The minimum Gasteiger partial charge on any atom is -0.380 e. The first-order valence-electron chi connectivity index (χ1n) is 14.5. The van der Waals surface area contributed by atoms with E-state index in [9.17, 15) is 8.42 Å². The Hall–Kier alpha value is -2.16. The van der Waals surface area contributed by atoms with Crippen molar-refractivity contribution < 1.29 is 13.2 Å². The summed E-state index contributed by atoms with van der Waals surface area (Å²) in [5.41, 5.74) is 3.17. The number of ether oxygens (including phenoxy) is 1. The molecule has 1 aromatic carbocycles. The van der Waals surface area contributed by atoms with Crippen molar-refractivity contribution in [1.29, 1.82) is 0 Å². The second kappa shape index (κ2) is 15.4. The fraction of sp³-hybridized carbons (Fsp3) is 0.633. The van der Waals surface area contributed by atoms with Gasteiger partial charge in [0.2, 0.25) is 10.0 Å². The van der Waals surface area contributed by atoms with Crippen LogP contribution < -0.4 is 14.9 Å². The molecule has 0 aliphatic carbocycles. The van der Waals surface area contributed by atoms with Gasteiger partial charge in [0, 0.05) is 25.4 Å². The predicted molar refractivity (Wildman–Crippen MR) is 157 cm³/mol. The van der Waals surface area contributed by atoms with Gasteiger partial charge in [0.05, 0.1) is 35.2 Å². The number of sulfonamides is 1. The Morgan fingerprint density at radius 3 is 2.39 bits per heavy atom. The third-order valence-corrected chi connectivity index (χ3v) is 8.60. The van der Waals surface area contributed by atoms with Gasteiger partial charge in [0.15, 0.2) is 0 Å². The molecule has 3 rings (SSSR count). The van der Waals surface area contributed by atoms with Gasteiger partial charge >= 0.3 is 0 Å². The molecule has 1 aliphatic heterocycles. The number of aromatic nitrogens is 1. The van der Waals surface area contributed by atoms with Crippen LogP contribution in [0.4, 0.5) is 11.4 Å². The summed E-state index contributed by atoms with van der Waals surface area (Å²) >= 11 is 0. The average Bonchev–Trinajstić information content (AvgIpc) is 3.19. The summed E-state index contributed by atoms with van der Waals surface area (Å²) in [5, 5.41) is 3.43.